The lowest BCUT2D eigenvalue weighted by atomic mass is 9.79. The highest BCUT2D eigenvalue weighted by Gasteiger charge is 2.60. The summed E-state index contributed by atoms with van der Waals surface area (Å²) in [4.78, 5) is 20.2. The molecule has 5 rings (SSSR count). The standard InChI is InChI=1S/C28H31F3N4O2.ClH/c29-28(30,31)27(37)14-8-7-13-23(27)35-19-33-24(25(35)21-11-5-2-6-12-21)26(36)34-16-15-32-18-22(34)17-20-9-3-1-4-10-20;/h1-6,9-12,19,22-23,32,37H,7-8,13-18H2;1H/t22-,23+,27?;/m1./s1. The first-order chi connectivity index (χ1) is 17.8. The van der Waals surface area contributed by atoms with Gasteiger partial charge < -0.3 is 19.9 Å². The highest BCUT2D eigenvalue weighted by Crippen LogP contribution is 2.49. The summed E-state index contributed by atoms with van der Waals surface area (Å²) < 4.78 is 43.8. The molecule has 2 N–H and O–H groups in total. The lowest BCUT2D eigenvalue weighted by Gasteiger charge is -2.42. The van der Waals surface area contributed by atoms with Gasteiger partial charge in [-0.05, 0) is 24.8 Å². The van der Waals surface area contributed by atoms with Crippen LogP contribution in [0.3, 0.4) is 0 Å². The number of halogens is 4. The molecule has 0 bridgehead atoms. The second-order valence-electron chi connectivity index (χ2n) is 9.94. The number of aromatic nitrogens is 2. The van der Waals surface area contributed by atoms with Gasteiger partial charge in [0.15, 0.2) is 11.3 Å². The molecule has 1 aliphatic carbocycles. The summed E-state index contributed by atoms with van der Waals surface area (Å²) in [6.45, 7) is 1.70. The third-order valence-electron chi connectivity index (χ3n) is 7.63. The monoisotopic (exact) mass is 548 g/mol. The largest absolute Gasteiger partial charge is 0.419 e. The Morgan fingerprint density at radius 1 is 1.08 bits per heavy atom. The van der Waals surface area contributed by atoms with E-state index < -0.39 is 17.8 Å². The summed E-state index contributed by atoms with van der Waals surface area (Å²) in [6.07, 6.45) is -2.25. The number of carbonyl (C=O) groups excluding carboxylic acids is 1. The van der Waals surface area contributed by atoms with Gasteiger partial charge >= 0.3 is 6.18 Å². The first kappa shape index (κ1) is 28.1. The fourth-order valence-electron chi connectivity index (χ4n) is 5.71. The Kier molecular flexibility index (Phi) is 8.49. The third-order valence-corrected chi connectivity index (χ3v) is 7.63. The van der Waals surface area contributed by atoms with Gasteiger partial charge in [-0.1, -0.05) is 73.5 Å². The average molecular weight is 549 g/mol. The van der Waals surface area contributed by atoms with Crippen molar-refractivity contribution < 1.29 is 23.1 Å². The Labute approximate surface area is 226 Å². The zero-order chi connectivity index (χ0) is 26.0. The van der Waals surface area contributed by atoms with Gasteiger partial charge in [0.05, 0.1) is 18.1 Å². The van der Waals surface area contributed by atoms with E-state index in [1.54, 1.807) is 29.2 Å². The Morgan fingerprint density at radius 2 is 1.76 bits per heavy atom. The van der Waals surface area contributed by atoms with Crippen LogP contribution in [-0.4, -0.2) is 62.9 Å². The molecule has 0 radical (unpaired) electrons. The van der Waals surface area contributed by atoms with Gasteiger partial charge in [0.25, 0.3) is 5.91 Å². The molecule has 2 fully saturated rings. The molecule has 1 unspecified atom stereocenters. The molecule has 1 saturated carbocycles. The molecule has 1 aliphatic heterocycles. The topological polar surface area (TPSA) is 70.4 Å². The molecule has 1 saturated heterocycles. The van der Waals surface area contributed by atoms with Crippen molar-refractivity contribution in [3.63, 3.8) is 0 Å². The number of hydrogen-bond donors (Lipinski definition) is 2. The molecule has 38 heavy (non-hydrogen) atoms. The van der Waals surface area contributed by atoms with Gasteiger partial charge in [0.1, 0.15) is 0 Å². The number of alkyl halides is 3. The Bertz CT molecular complexity index is 1220. The maximum Gasteiger partial charge on any atom is 0.419 e. The minimum atomic E-state index is -4.81. The molecule has 10 heteroatoms. The molecular formula is C28H32ClF3N4O2. The quantitative estimate of drug-likeness (QED) is 0.469. The molecule has 6 nitrogen and oxygen atoms in total. The normalized spacial score (nSPS) is 24.1. The van der Waals surface area contributed by atoms with Gasteiger partial charge in [0, 0.05) is 31.2 Å². The van der Waals surface area contributed by atoms with Crippen LogP contribution in [0.4, 0.5) is 13.2 Å². The van der Waals surface area contributed by atoms with Crippen molar-refractivity contribution in [3.8, 4) is 11.3 Å². The molecular weight excluding hydrogens is 517 g/mol. The van der Waals surface area contributed by atoms with Crippen LogP contribution in [0.1, 0.15) is 47.8 Å². The van der Waals surface area contributed by atoms with Crippen LogP contribution in [-0.2, 0) is 6.42 Å². The predicted molar refractivity (Wildman–Crippen MR) is 141 cm³/mol. The van der Waals surface area contributed by atoms with Crippen molar-refractivity contribution in [1.29, 1.82) is 0 Å². The number of benzene rings is 2. The van der Waals surface area contributed by atoms with E-state index >= 15 is 0 Å². The molecule has 1 amide bonds. The summed E-state index contributed by atoms with van der Waals surface area (Å²) >= 11 is 0. The van der Waals surface area contributed by atoms with Crippen molar-refractivity contribution in [3.05, 3.63) is 78.2 Å². The molecule has 2 aromatic carbocycles. The summed E-state index contributed by atoms with van der Waals surface area (Å²) in [5.41, 5.74) is -0.771. The van der Waals surface area contributed by atoms with E-state index in [0.717, 1.165) is 5.56 Å². The second kappa shape index (κ2) is 11.5. The first-order valence-corrected chi connectivity index (χ1v) is 12.8. The van der Waals surface area contributed by atoms with E-state index in [1.165, 1.54) is 10.9 Å². The second-order valence-corrected chi connectivity index (χ2v) is 9.94. The summed E-state index contributed by atoms with van der Waals surface area (Å²) in [6, 6.07) is 17.4. The van der Waals surface area contributed by atoms with E-state index in [0.29, 0.717) is 43.7 Å². The molecule has 204 valence electrons. The number of piperazine rings is 1. The van der Waals surface area contributed by atoms with Crippen LogP contribution in [0.5, 0.6) is 0 Å². The number of nitrogens with zero attached hydrogens (tertiary/aromatic N) is 3. The van der Waals surface area contributed by atoms with Crippen molar-refractivity contribution in [2.24, 2.45) is 0 Å². The number of hydrogen-bond acceptors (Lipinski definition) is 4. The van der Waals surface area contributed by atoms with E-state index in [4.69, 9.17) is 0 Å². The van der Waals surface area contributed by atoms with Gasteiger partial charge in [0.2, 0.25) is 0 Å². The van der Waals surface area contributed by atoms with Gasteiger partial charge in [-0.15, -0.1) is 12.4 Å². The molecule has 0 spiro atoms. The molecule has 3 aromatic rings. The third kappa shape index (κ3) is 5.32. The van der Waals surface area contributed by atoms with E-state index in [1.807, 2.05) is 36.4 Å². The van der Waals surface area contributed by atoms with Crippen LogP contribution in [0.15, 0.2) is 67.0 Å². The highest BCUT2D eigenvalue weighted by atomic mass is 35.5. The number of aliphatic hydroxyl groups is 1. The van der Waals surface area contributed by atoms with Crippen LogP contribution in [0.25, 0.3) is 11.3 Å². The van der Waals surface area contributed by atoms with E-state index in [2.05, 4.69) is 10.3 Å². The summed E-state index contributed by atoms with van der Waals surface area (Å²) in [5, 5.41) is 14.3. The molecule has 1 aromatic heterocycles. The zero-order valence-electron chi connectivity index (χ0n) is 20.9. The van der Waals surface area contributed by atoms with Crippen LogP contribution in [0.2, 0.25) is 0 Å². The lowest BCUT2D eigenvalue weighted by Crippen LogP contribution is -2.54. The molecule has 2 heterocycles. The molecule has 3 atom stereocenters. The van der Waals surface area contributed by atoms with Crippen LogP contribution >= 0.6 is 12.4 Å². The van der Waals surface area contributed by atoms with Crippen molar-refractivity contribution in [2.75, 3.05) is 19.6 Å². The number of rotatable bonds is 5. The highest BCUT2D eigenvalue weighted by molar-refractivity contribution is 5.98. The van der Waals surface area contributed by atoms with Gasteiger partial charge in [-0.2, -0.15) is 13.2 Å². The fraction of sp³-hybridized carbons (Fsp3) is 0.429. The van der Waals surface area contributed by atoms with Gasteiger partial charge in [-0.25, -0.2) is 4.98 Å². The Hall–Kier alpha value is -2.88. The minimum Gasteiger partial charge on any atom is -0.379 e. The van der Waals surface area contributed by atoms with Crippen molar-refractivity contribution in [1.82, 2.24) is 19.8 Å². The van der Waals surface area contributed by atoms with Gasteiger partial charge in [-0.3, -0.25) is 4.79 Å². The number of amides is 1. The van der Waals surface area contributed by atoms with Crippen molar-refractivity contribution >= 4 is 18.3 Å². The average Bonchev–Trinajstić information content (AvgIpc) is 3.34. The summed E-state index contributed by atoms with van der Waals surface area (Å²) in [5.74, 6) is -0.314. The van der Waals surface area contributed by atoms with Crippen LogP contribution in [0, 0.1) is 0 Å². The SMILES string of the molecule is Cl.O=C(c1ncn([C@H]2CCCCC2(O)C(F)(F)F)c1-c1ccccc1)N1CCNC[C@H]1Cc1ccccc1. The zero-order valence-corrected chi connectivity index (χ0v) is 21.7. The van der Waals surface area contributed by atoms with E-state index in [-0.39, 0.29) is 49.3 Å². The first-order valence-electron chi connectivity index (χ1n) is 12.8. The number of carbonyl (C=O) groups is 1. The summed E-state index contributed by atoms with van der Waals surface area (Å²) in [7, 11) is 0. The smallest absolute Gasteiger partial charge is 0.379 e. The number of imidazole rings is 1. The minimum absolute atomic E-state index is 0. The maximum atomic E-state index is 14.1. The maximum absolute atomic E-state index is 14.1. The molecule has 2 aliphatic rings. The fourth-order valence-corrected chi connectivity index (χ4v) is 5.71. The Balaban J connectivity index is 0.00000336. The van der Waals surface area contributed by atoms with Crippen molar-refractivity contribution in [2.45, 2.75) is 56.0 Å². The Morgan fingerprint density at radius 3 is 2.45 bits per heavy atom. The lowest BCUT2D eigenvalue weighted by molar-refractivity contribution is -0.284. The predicted octanol–water partition coefficient (Wildman–Crippen LogP) is 5.04. The number of nitrogens with one attached hydrogen (secondary N) is 1. The van der Waals surface area contributed by atoms with E-state index in [9.17, 15) is 23.1 Å². The van der Waals surface area contributed by atoms with Crippen LogP contribution < -0.4 is 5.32 Å².